The SMILES string of the molecule is Cc1ccc(C(=C/C=C/c2ccc(N(C=C(c3ccc(F)cc3)c3ccc(F)cc3)c3ccccc3)cc2)c2ccc(C)cc2)cc1. The standard InChI is InChI=1S/C44H35F2N/c1-32-11-17-35(18-12-32)43(36-19-13-33(2)14-20-36)10-6-7-34-15-29-42(30-16-34)47(41-8-4-3-5-9-41)31-44(37-21-25-39(45)26-22-37)38-23-27-40(46)28-24-38/h3-31H,1-2H3/b7-6+. The molecule has 0 fully saturated rings. The van der Waals surface area contributed by atoms with Crippen LogP contribution in [0.3, 0.4) is 0 Å². The van der Waals surface area contributed by atoms with E-state index < -0.39 is 0 Å². The van der Waals surface area contributed by atoms with Crippen LogP contribution in [0.4, 0.5) is 20.2 Å². The Morgan fingerprint density at radius 1 is 0.468 bits per heavy atom. The number of nitrogens with zero attached hydrogens (tertiary/aromatic N) is 1. The molecule has 47 heavy (non-hydrogen) atoms. The molecule has 0 bridgehead atoms. The van der Waals surface area contributed by atoms with Crippen LogP contribution in [-0.2, 0) is 0 Å². The largest absolute Gasteiger partial charge is 0.317 e. The lowest BCUT2D eigenvalue weighted by Gasteiger charge is -2.23. The maximum atomic E-state index is 13.9. The number of allylic oxidation sites excluding steroid dienone is 2. The van der Waals surface area contributed by atoms with Crippen LogP contribution < -0.4 is 4.90 Å². The Bertz CT molecular complexity index is 1910. The van der Waals surface area contributed by atoms with Gasteiger partial charge in [0.15, 0.2) is 0 Å². The van der Waals surface area contributed by atoms with Gasteiger partial charge in [0.2, 0.25) is 0 Å². The molecule has 6 aromatic rings. The maximum Gasteiger partial charge on any atom is 0.123 e. The van der Waals surface area contributed by atoms with E-state index in [1.165, 1.54) is 46.5 Å². The minimum absolute atomic E-state index is 0.310. The Kier molecular flexibility index (Phi) is 9.64. The summed E-state index contributed by atoms with van der Waals surface area (Å²) in [5, 5.41) is 0. The van der Waals surface area contributed by atoms with Gasteiger partial charge >= 0.3 is 0 Å². The molecule has 0 aliphatic rings. The first kappa shape index (κ1) is 31.2. The predicted octanol–water partition coefficient (Wildman–Crippen LogP) is 12.0. The number of anilines is 2. The summed E-state index contributed by atoms with van der Waals surface area (Å²) in [5.74, 6) is -0.620. The molecule has 0 atom stereocenters. The molecule has 0 saturated carbocycles. The minimum atomic E-state index is -0.310. The first-order valence-corrected chi connectivity index (χ1v) is 15.6. The van der Waals surface area contributed by atoms with Crippen molar-refractivity contribution in [3.63, 3.8) is 0 Å². The monoisotopic (exact) mass is 615 g/mol. The topological polar surface area (TPSA) is 3.24 Å². The van der Waals surface area contributed by atoms with Crippen molar-refractivity contribution in [3.8, 4) is 0 Å². The highest BCUT2D eigenvalue weighted by Gasteiger charge is 2.13. The van der Waals surface area contributed by atoms with Crippen LogP contribution in [0, 0.1) is 25.5 Å². The maximum absolute atomic E-state index is 13.9. The average Bonchev–Trinajstić information content (AvgIpc) is 3.10. The number of hydrogen-bond acceptors (Lipinski definition) is 1. The number of halogens is 2. The van der Waals surface area contributed by atoms with Gasteiger partial charge in [0.05, 0.1) is 0 Å². The van der Waals surface area contributed by atoms with Gasteiger partial charge in [0.1, 0.15) is 11.6 Å². The van der Waals surface area contributed by atoms with E-state index in [1.54, 1.807) is 24.3 Å². The highest BCUT2D eigenvalue weighted by molar-refractivity contribution is 5.84. The van der Waals surface area contributed by atoms with E-state index >= 15 is 0 Å². The molecule has 6 rings (SSSR count). The van der Waals surface area contributed by atoms with Gasteiger partial charge in [-0.1, -0.05) is 132 Å². The molecule has 0 aliphatic heterocycles. The van der Waals surface area contributed by atoms with Crippen LogP contribution in [0.2, 0.25) is 0 Å². The predicted molar refractivity (Wildman–Crippen MR) is 193 cm³/mol. The summed E-state index contributed by atoms with van der Waals surface area (Å²) < 4.78 is 27.8. The van der Waals surface area contributed by atoms with Crippen molar-refractivity contribution >= 4 is 28.6 Å². The first-order valence-electron chi connectivity index (χ1n) is 15.6. The average molecular weight is 616 g/mol. The van der Waals surface area contributed by atoms with Gasteiger partial charge < -0.3 is 4.90 Å². The number of hydrogen-bond donors (Lipinski definition) is 0. The Morgan fingerprint density at radius 3 is 1.38 bits per heavy atom. The van der Waals surface area contributed by atoms with Crippen LogP contribution in [0.1, 0.15) is 38.9 Å². The molecule has 0 saturated heterocycles. The molecular weight excluding hydrogens is 580 g/mol. The van der Waals surface area contributed by atoms with Crippen LogP contribution in [0.15, 0.2) is 170 Å². The number of aryl methyl sites for hydroxylation is 2. The van der Waals surface area contributed by atoms with Gasteiger partial charge in [0, 0.05) is 23.1 Å². The molecule has 6 aromatic carbocycles. The molecule has 0 aliphatic carbocycles. The van der Waals surface area contributed by atoms with Crippen LogP contribution in [-0.4, -0.2) is 0 Å². The zero-order chi connectivity index (χ0) is 32.6. The highest BCUT2D eigenvalue weighted by atomic mass is 19.1. The Labute approximate surface area is 276 Å². The molecule has 0 amide bonds. The lowest BCUT2D eigenvalue weighted by atomic mass is 9.96. The van der Waals surface area contributed by atoms with Gasteiger partial charge in [-0.15, -0.1) is 0 Å². The molecule has 0 radical (unpaired) electrons. The molecular formula is C44H35F2N. The van der Waals surface area contributed by atoms with Crippen LogP contribution >= 0.6 is 0 Å². The van der Waals surface area contributed by atoms with Crippen LogP contribution in [0.25, 0.3) is 17.2 Å². The van der Waals surface area contributed by atoms with E-state index in [-0.39, 0.29) is 11.6 Å². The summed E-state index contributed by atoms with van der Waals surface area (Å²) >= 11 is 0. The quantitative estimate of drug-likeness (QED) is 0.146. The third-order valence-corrected chi connectivity index (χ3v) is 8.05. The summed E-state index contributed by atoms with van der Waals surface area (Å²) in [6.45, 7) is 4.20. The van der Waals surface area contributed by atoms with Gasteiger partial charge in [-0.25, -0.2) is 8.78 Å². The Hall–Kier alpha value is -5.80. The summed E-state index contributed by atoms with van der Waals surface area (Å²) in [4.78, 5) is 2.10. The van der Waals surface area contributed by atoms with Gasteiger partial charge in [-0.3, -0.25) is 0 Å². The van der Waals surface area contributed by atoms with Gasteiger partial charge in [-0.05, 0) is 95.8 Å². The summed E-state index contributed by atoms with van der Waals surface area (Å²) in [5.41, 5.74) is 11.4. The molecule has 3 heteroatoms. The van der Waals surface area contributed by atoms with Gasteiger partial charge in [0.25, 0.3) is 0 Å². The second-order valence-corrected chi connectivity index (χ2v) is 11.5. The van der Waals surface area contributed by atoms with E-state index in [0.29, 0.717) is 0 Å². The molecule has 0 spiro atoms. The zero-order valence-corrected chi connectivity index (χ0v) is 26.4. The fourth-order valence-corrected chi connectivity index (χ4v) is 5.42. The van der Waals surface area contributed by atoms with Crippen molar-refractivity contribution in [2.24, 2.45) is 0 Å². The molecule has 0 unspecified atom stereocenters. The van der Waals surface area contributed by atoms with Crippen molar-refractivity contribution in [1.29, 1.82) is 0 Å². The van der Waals surface area contributed by atoms with Crippen molar-refractivity contribution in [2.45, 2.75) is 13.8 Å². The van der Waals surface area contributed by atoms with E-state index in [0.717, 1.165) is 39.2 Å². The summed E-state index contributed by atoms with van der Waals surface area (Å²) in [6, 6.07) is 48.4. The molecule has 0 heterocycles. The molecule has 1 nitrogen and oxygen atoms in total. The lowest BCUT2D eigenvalue weighted by molar-refractivity contribution is 0.627. The lowest BCUT2D eigenvalue weighted by Crippen LogP contribution is -2.10. The van der Waals surface area contributed by atoms with Crippen LogP contribution in [0.5, 0.6) is 0 Å². The second kappa shape index (κ2) is 14.5. The van der Waals surface area contributed by atoms with E-state index in [9.17, 15) is 8.78 Å². The van der Waals surface area contributed by atoms with Crippen molar-refractivity contribution < 1.29 is 8.78 Å². The van der Waals surface area contributed by atoms with Gasteiger partial charge in [-0.2, -0.15) is 0 Å². The fraction of sp³-hybridized carbons (Fsp3) is 0.0455. The number of para-hydroxylation sites is 1. The Balaban J connectivity index is 1.35. The smallest absolute Gasteiger partial charge is 0.123 e. The van der Waals surface area contributed by atoms with Crippen molar-refractivity contribution in [2.75, 3.05) is 4.90 Å². The second-order valence-electron chi connectivity index (χ2n) is 11.5. The zero-order valence-electron chi connectivity index (χ0n) is 26.4. The number of rotatable bonds is 9. The molecule has 0 aromatic heterocycles. The van der Waals surface area contributed by atoms with E-state index in [2.05, 4.69) is 110 Å². The fourth-order valence-electron chi connectivity index (χ4n) is 5.42. The van der Waals surface area contributed by atoms with E-state index in [1.807, 2.05) is 36.5 Å². The number of benzene rings is 6. The third-order valence-electron chi connectivity index (χ3n) is 8.05. The Morgan fingerprint density at radius 2 is 0.894 bits per heavy atom. The highest BCUT2D eigenvalue weighted by Crippen LogP contribution is 2.32. The third kappa shape index (κ3) is 7.89. The molecule has 0 N–H and O–H groups in total. The summed E-state index contributed by atoms with van der Waals surface area (Å²) in [7, 11) is 0. The van der Waals surface area contributed by atoms with Crippen molar-refractivity contribution in [3.05, 3.63) is 221 Å². The molecule has 230 valence electrons. The van der Waals surface area contributed by atoms with E-state index in [4.69, 9.17) is 0 Å². The minimum Gasteiger partial charge on any atom is -0.317 e. The first-order chi connectivity index (χ1) is 22.9. The normalized spacial score (nSPS) is 10.9. The summed E-state index contributed by atoms with van der Waals surface area (Å²) in [6.07, 6.45) is 8.40. The van der Waals surface area contributed by atoms with Crippen molar-refractivity contribution in [1.82, 2.24) is 0 Å².